The minimum absolute atomic E-state index is 0.0144. The molecule has 0 aromatic rings. The molecule has 0 bridgehead atoms. The molecule has 0 aliphatic carbocycles. The molecule has 0 fully saturated rings. The maximum absolute atomic E-state index is 5.57. The summed E-state index contributed by atoms with van der Waals surface area (Å²) in [6.07, 6.45) is 19.2. The van der Waals surface area contributed by atoms with Crippen LogP contribution in [-0.4, -0.2) is 19.5 Å². The van der Waals surface area contributed by atoms with Crippen LogP contribution in [0.1, 0.15) is 97.8 Å². The lowest BCUT2D eigenvalue weighted by Crippen LogP contribution is -2.17. The van der Waals surface area contributed by atoms with Crippen LogP contribution < -0.4 is 0 Å². The van der Waals surface area contributed by atoms with Gasteiger partial charge in [0.15, 0.2) is 6.29 Å². The van der Waals surface area contributed by atoms with Crippen LogP contribution in [-0.2, 0) is 9.47 Å². The third kappa shape index (κ3) is 17.6. The fourth-order valence-electron chi connectivity index (χ4n) is 2.66. The number of ether oxygens (including phenoxy) is 2. The van der Waals surface area contributed by atoms with E-state index in [1.54, 1.807) is 0 Å². The summed E-state index contributed by atoms with van der Waals surface area (Å²) in [5.74, 6) is 6.31. The van der Waals surface area contributed by atoms with E-state index in [0.717, 1.165) is 32.5 Å². The minimum Gasteiger partial charge on any atom is -0.353 e. The van der Waals surface area contributed by atoms with Gasteiger partial charge in [0.05, 0.1) is 0 Å². The predicted molar refractivity (Wildman–Crippen MR) is 105 cm³/mol. The first-order chi connectivity index (χ1) is 11.8. The molecule has 0 aliphatic heterocycles. The Morgan fingerprint density at radius 2 is 1.29 bits per heavy atom. The summed E-state index contributed by atoms with van der Waals surface area (Å²) in [6, 6.07) is 0. The second-order valence-electron chi connectivity index (χ2n) is 6.19. The molecule has 0 amide bonds. The number of rotatable bonds is 16. The molecular weight excluding hydrogens is 296 g/mol. The zero-order chi connectivity index (χ0) is 17.7. The van der Waals surface area contributed by atoms with E-state index < -0.39 is 0 Å². The highest BCUT2D eigenvalue weighted by Crippen LogP contribution is 2.13. The largest absolute Gasteiger partial charge is 0.353 e. The van der Waals surface area contributed by atoms with Gasteiger partial charge < -0.3 is 9.47 Å². The van der Waals surface area contributed by atoms with Gasteiger partial charge in [0.1, 0.15) is 0 Å². The molecule has 0 heterocycles. The van der Waals surface area contributed by atoms with Crippen molar-refractivity contribution in [1.82, 2.24) is 0 Å². The maximum Gasteiger partial charge on any atom is 0.157 e. The van der Waals surface area contributed by atoms with E-state index in [1.165, 1.54) is 57.8 Å². The van der Waals surface area contributed by atoms with Crippen molar-refractivity contribution in [2.75, 3.05) is 13.2 Å². The van der Waals surface area contributed by atoms with Crippen LogP contribution in [0.4, 0.5) is 0 Å². The smallest absolute Gasteiger partial charge is 0.157 e. The third-order valence-corrected chi connectivity index (χ3v) is 3.99. The van der Waals surface area contributed by atoms with E-state index in [4.69, 9.17) is 9.47 Å². The van der Waals surface area contributed by atoms with Crippen LogP contribution in [0.15, 0.2) is 12.2 Å². The second-order valence-corrected chi connectivity index (χ2v) is 6.19. The van der Waals surface area contributed by atoms with Gasteiger partial charge in [0.2, 0.25) is 0 Å². The zero-order valence-corrected chi connectivity index (χ0v) is 16.4. The van der Waals surface area contributed by atoms with Gasteiger partial charge in [-0.3, -0.25) is 0 Å². The predicted octanol–water partition coefficient (Wildman–Crippen LogP) is 6.65. The molecule has 0 unspecified atom stereocenters. The lowest BCUT2D eigenvalue weighted by molar-refractivity contribution is -0.140. The molecule has 2 heteroatoms. The van der Waals surface area contributed by atoms with Crippen LogP contribution in [0, 0.1) is 11.8 Å². The van der Waals surface area contributed by atoms with Gasteiger partial charge in [-0.25, -0.2) is 0 Å². The fraction of sp³-hybridized carbons (Fsp3) is 0.818. The molecule has 0 aliphatic rings. The molecule has 0 radical (unpaired) electrons. The van der Waals surface area contributed by atoms with E-state index in [-0.39, 0.29) is 6.29 Å². The molecule has 24 heavy (non-hydrogen) atoms. The monoisotopic (exact) mass is 336 g/mol. The van der Waals surface area contributed by atoms with Crippen molar-refractivity contribution in [2.24, 2.45) is 0 Å². The van der Waals surface area contributed by atoms with Gasteiger partial charge in [-0.05, 0) is 45.6 Å². The highest BCUT2D eigenvalue weighted by atomic mass is 16.7. The first-order valence-electron chi connectivity index (χ1n) is 10.2. The highest BCUT2D eigenvalue weighted by molar-refractivity contribution is 5.14. The van der Waals surface area contributed by atoms with Crippen molar-refractivity contribution >= 4 is 0 Å². The SMILES string of the molecule is CC/C=C/C#CCCCCCCCCCCCC(OCC)OCC. The lowest BCUT2D eigenvalue weighted by Gasteiger charge is -2.16. The molecule has 0 spiro atoms. The number of unbranched alkanes of at least 4 members (excludes halogenated alkanes) is 9. The van der Waals surface area contributed by atoms with Gasteiger partial charge in [-0.1, -0.05) is 69.8 Å². The minimum atomic E-state index is 0.0144. The summed E-state index contributed by atoms with van der Waals surface area (Å²) < 4.78 is 11.1. The quantitative estimate of drug-likeness (QED) is 0.178. The van der Waals surface area contributed by atoms with Crippen molar-refractivity contribution in [2.45, 2.75) is 104 Å². The fourth-order valence-corrected chi connectivity index (χ4v) is 2.66. The number of allylic oxidation sites excluding steroid dienone is 2. The molecule has 0 aromatic heterocycles. The standard InChI is InChI=1S/C22H40O2/c1-4-7-8-9-10-11-12-13-14-15-16-17-18-19-20-21-22(23-5-2)24-6-3/h7-8,22H,4-6,11-21H2,1-3H3/b8-7+. The average Bonchev–Trinajstić information content (AvgIpc) is 2.58. The summed E-state index contributed by atoms with van der Waals surface area (Å²) in [6.45, 7) is 7.68. The van der Waals surface area contributed by atoms with Crippen molar-refractivity contribution in [3.05, 3.63) is 12.2 Å². The molecular formula is C22H40O2. The Morgan fingerprint density at radius 1 is 0.750 bits per heavy atom. The molecule has 0 saturated carbocycles. The van der Waals surface area contributed by atoms with E-state index in [0.29, 0.717) is 0 Å². The summed E-state index contributed by atoms with van der Waals surface area (Å²) in [4.78, 5) is 0. The number of hydrogen-bond donors (Lipinski definition) is 0. The van der Waals surface area contributed by atoms with E-state index >= 15 is 0 Å². The summed E-state index contributed by atoms with van der Waals surface area (Å²) in [5.41, 5.74) is 0. The van der Waals surface area contributed by atoms with Gasteiger partial charge in [0, 0.05) is 19.6 Å². The van der Waals surface area contributed by atoms with E-state index in [9.17, 15) is 0 Å². The van der Waals surface area contributed by atoms with Gasteiger partial charge in [-0.15, -0.1) is 0 Å². The van der Waals surface area contributed by atoms with Gasteiger partial charge >= 0.3 is 0 Å². The normalized spacial score (nSPS) is 11.2. The van der Waals surface area contributed by atoms with Gasteiger partial charge in [0.25, 0.3) is 0 Å². The molecule has 0 saturated heterocycles. The molecule has 0 aromatic carbocycles. The van der Waals surface area contributed by atoms with Crippen molar-refractivity contribution in [3.63, 3.8) is 0 Å². The van der Waals surface area contributed by atoms with Crippen molar-refractivity contribution in [1.29, 1.82) is 0 Å². The van der Waals surface area contributed by atoms with Gasteiger partial charge in [-0.2, -0.15) is 0 Å². The zero-order valence-electron chi connectivity index (χ0n) is 16.4. The molecule has 2 nitrogen and oxygen atoms in total. The Bertz CT molecular complexity index is 319. The summed E-state index contributed by atoms with van der Waals surface area (Å²) in [7, 11) is 0. The molecule has 140 valence electrons. The van der Waals surface area contributed by atoms with Crippen LogP contribution >= 0.6 is 0 Å². The van der Waals surface area contributed by atoms with Crippen molar-refractivity contribution < 1.29 is 9.47 Å². The first kappa shape index (κ1) is 23.2. The number of hydrogen-bond acceptors (Lipinski definition) is 2. The molecule has 0 atom stereocenters. The first-order valence-corrected chi connectivity index (χ1v) is 10.2. The highest BCUT2D eigenvalue weighted by Gasteiger charge is 2.06. The summed E-state index contributed by atoms with van der Waals surface area (Å²) >= 11 is 0. The van der Waals surface area contributed by atoms with E-state index in [1.807, 2.05) is 19.9 Å². The maximum atomic E-state index is 5.57. The second kappa shape index (κ2) is 20.3. The third-order valence-electron chi connectivity index (χ3n) is 3.99. The van der Waals surface area contributed by atoms with Crippen molar-refractivity contribution in [3.8, 4) is 11.8 Å². The van der Waals surface area contributed by atoms with Crippen LogP contribution in [0.5, 0.6) is 0 Å². The topological polar surface area (TPSA) is 18.5 Å². The van der Waals surface area contributed by atoms with Crippen LogP contribution in [0.2, 0.25) is 0 Å². The summed E-state index contributed by atoms with van der Waals surface area (Å²) in [5, 5.41) is 0. The van der Waals surface area contributed by atoms with Crippen LogP contribution in [0.3, 0.4) is 0 Å². The Kier molecular flexibility index (Phi) is 19.6. The average molecular weight is 337 g/mol. The molecule has 0 N–H and O–H groups in total. The Hall–Kier alpha value is -0.780. The Labute approximate surface area is 151 Å². The van der Waals surface area contributed by atoms with Crippen LogP contribution in [0.25, 0.3) is 0 Å². The van der Waals surface area contributed by atoms with E-state index in [2.05, 4.69) is 24.8 Å². The Balaban J connectivity index is 3.27. The molecule has 0 rings (SSSR count). The lowest BCUT2D eigenvalue weighted by atomic mass is 10.1. The Morgan fingerprint density at radius 3 is 1.83 bits per heavy atom.